The molecule has 1 aliphatic heterocycles. The first-order valence-electron chi connectivity index (χ1n) is 6.96. The first-order valence-corrected chi connectivity index (χ1v) is 6.96. The van der Waals surface area contributed by atoms with E-state index in [0.717, 1.165) is 50.9 Å². The molecule has 1 aromatic rings. The van der Waals surface area contributed by atoms with Crippen LogP contribution in [0.4, 0.5) is 0 Å². The van der Waals surface area contributed by atoms with Crippen LogP contribution in [0.2, 0.25) is 0 Å². The number of aromatic nitrogens is 3. The molecular weight excluding hydrogens is 258 g/mol. The normalized spacial score (nSPS) is 17.4. The average Bonchev–Trinajstić information content (AvgIpc) is 2.78. The van der Waals surface area contributed by atoms with Gasteiger partial charge in [-0.25, -0.2) is 0 Å². The standard InChI is InChI=1S/C13H23N5O2/c1-11-14-15-12(16(11)2)10-18-8-6-17(7-9-18)5-4-13(19)20-3/h4-10H2,1-3H3. The van der Waals surface area contributed by atoms with Crippen LogP contribution >= 0.6 is 0 Å². The minimum absolute atomic E-state index is 0.137. The molecule has 1 aromatic heterocycles. The molecule has 20 heavy (non-hydrogen) atoms. The van der Waals surface area contributed by atoms with Crippen LogP contribution < -0.4 is 0 Å². The fraction of sp³-hybridized carbons (Fsp3) is 0.769. The van der Waals surface area contributed by atoms with Gasteiger partial charge in [-0.3, -0.25) is 9.69 Å². The first kappa shape index (κ1) is 14.9. The van der Waals surface area contributed by atoms with Crippen LogP contribution in [0.1, 0.15) is 18.1 Å². The molecular formula is C13H23N5O2. The average molecular weight is 281 g/mol. The van der Waals surface area contributed by atoms with Crippen molar-refractivity contribution in [3.05, 3.63) is 11.6 Å². The third-order valence-electron chi connectivity index (χ3n) is 3.87. The Hall–Kier alpha value is -1.47. The zero-order valence-corrected chi connectivity index (χ0v) is 12.5. The molecule has 7 heteroatoms. The molecule has 1 fully saturated rings. The fourth-order valence-electron chi connectivity index (χ4n) is 2.31. The van der Waals surface area contributed by atoms with Crippen LogP contribution in [0.15, 0.2) is 0 Å². The number of piperazine rings is 1. The van der Waals surface area contributed by atoms with E-state index in [-0.39, 0.29) is 5.97 Å². The molecule has 0 amide bonds. The second-order valence-corrected chi connectivity index (χ2v) is 5.17. The summed E-state index contributed by atoms with van der Waals surface area (Å²) in [7, 11) is 3.43. The van der Waals surface area contributed by atoms with Gasteiger partial charge in [-0.15, -0.1) is 10.2 Å². The van der Waals surface area contributed by atoms with Crippen LogP contribution in [-0.4, -0.2) is 70.4 Å². The molecule has 2 heterocycles. The first-order chi connectivity index (χ1) is 9.60. The van der Waals surface area contributed by atoms with E-state index in [1.165, 1.54) is 7.11 Å². The predicted molar refractivity (Wildman–Crippen MR) is 74.1 cm³/mol. The van der Waals surface area contributed by atoms with Crippen LogP contribution in [-0.2, 0) is 23.1 Å². The van der Waals surface area contributed by atoms with Crippen LogP contribution in [0.3, 0.4) is 0 Å². The topological polar surface area (TPSA) is 63.5 Å². The van der Waals surface area contributed by atoms with Crippen molar-refractivity contribution in [2.75, 3.05) is 39.8 Å². The zero-order chi connectivity index (χ0) is 14.5. The number of nitrogens with zero attached hydrogens (tertiary/aromatic N) is 5. The summed E-state index contributed by atoms with van der Waals surface area (Å²) in [5.41, 5.74) is 0. The maximum Gasteiger partial charge on any atom is 0.306 e. The lowest BCUT2D eigenvalue weighted by Gasteiger charge is -2.34. The molecule has 0 aliphatic carbocycles. The Labute approximate surface area is 119 Å². The van der Waals surface area contributed by atoms with Crippen molar-refractivity contribution in [2.24, 2.45) is 7.05 Å². The highest BCUT2D eigenvalue weighted by atomic mass is 16.5. The van der Waals surface area contributed by atoms with Crippen molar-refractivity contribution >= 4 is 5.97 Å². The predicted octanol–water partition coefficient (Wildman–Crippen LogP) is -0.196. The molecule has 0 unspecified atom stereocenters. The molecule has 112 valence electrons. The van der Waals surface area contributed by atoms with Crippen molar-refractivity contribution in [3.63, 3.8) is 0 Å². The summed E-state index contributed by atoms with van der Waals surface area (Å²) in [5, 5.41) is 8.27. The largest absolute Gasteiger partial charge is 0.469 e. The number of aryl methyl sites for hydroxylation is 1. The second kappa shape index (κ2) is 6.81. The minimum atomic E-state index is -0.137. The maximum absolute atomic E-state index is 11.1. The molecule has 0 spiro atoms. The molecule has 0 N–H and O–H groups in total. The summed E-state index contributed by atoms with van der Waals surface area (Å²) in [4.78, 5) is 15.8. The number of methoxy groups -OCH3 is 1. The summed E-state index contributed by atoms with van der Waals surface area (Å²) in [6, 6.07) is 0. The van der Waals surface area contributed by atoms with Crippen molar-refractivity contribution < 1.29 is 9.53 Å². The summed E-state index contributed by atoms with van der Waals surface area (Å²) in [5.74, 6) is 1.81. The third kappa shape index (κ3) is 3.77. The highest BCUT2D eigenvalue weighted by Gasteiger charge is 2.19. The Kier molecular flexibility index (Phi) is 5.08. The van der Waals surface area contributed by atoms with E-state index in [9.17, 15) is 4.79 Å². The number of hydrogen-bond donors (Lipinski definition) is 0. The van der Waals surface area contributed by atoms with E-state index in [4.69, 9.17) is 0 Å². The summed E-state index contributed by atoms with van der Waals surface area (Å²) in [6.07, 6.45) is 0.471. The number of ether oxygens (including phenoxy) is 1. The van der Waals surface area contributed by atoms with Crippen molar-refractivity contribution in [3.8, 4) is 0 Å². The van der Waals surface area contributed by atoms with Gasteiger partial charge in [0.25, 0.3) is 0 Å². The van der Waals surface area contributed by atoms with Crippen molar-refractivity contribution in [1.29, 1.82) is 0 Å². The van der Waals surface area contributed by atoms with Crippen LogP contribution in [0.25, 0.3) is 0 Å². The zero-order valence-electron chi connectivity index (χ0n) is 12.5. The van der Waals surface area contributed by atoms with Gasteiger partial charge in [0, 0.05) is 39.8 Å². The number of esters is 1. The van der Waals surface area contributed by atoms with Gasteiger partial charge < -0.3 is 14.2 Å². The summed E-state index contributed by atoms with van der Waals surface area (Å²) in [6.45, 7) is 7.52. The van der Waals surface area contributed by atoms with E-state index in [1.54, 1.807) is 0 Å². The SMILES string of the molecule is COC(=O)CCN1CCN(Cc2nnc(C)n2C)CC1. The number of hydrogen-bond acceptors (Lipinski definition) is 6. The molecule has 1 aliphatic rings. The minimum Gasteiger partial charge on any atom is -0.469 e. The molecule has 0 saturated carbocycles. The van der Waals surface area contributed by atoms with Gasteiger partial charge in [0.2, 0.25) is 0 Å². The van der Waals surface area contributed by atoms with Gasteiger partial charge in [0.15, 0.2) is 0 Å². The monoisotopic (exact) mass is 281 g/mol. The van der Waals surface area contributed by atoms with Gasteiger partial charge in [-0.1, -0.05) is 0 Å². The van der Waals surface area contributed by atoms with Crippen LogP contribution in [0, 0.1) is 6.92 Å². The molecule has 2 rings (SSSR count). The van der Waals surface area contributed by atoms with Gasteiger partial charge in [0.1, 0.15) is 11.6 Å². The highest BCUT2D eigenvalue weighted by molar-refractivity contribution is 5.69. The fourth-order valence-corrected chi connectivity index (χ4v) is 2.31. The lowest BCUT2D eigenvalue weighted by atomic mass is 10.3. The van der Waals surface area contributed by atoms with Crippen LogP contribution in [0.5, 0.6) is 0 Å². The summed E-state index contributed by atoms with van der Waals surface area (Å²) < 4.78 is 6.69. The van der Waals surface area contributed by atoms with E-state index in [0.29, 0.717) is 6.42 Å². The quantitative estimate of drug-likeness (QED) is 0.697. The van der Waals surface area contributed by atoms with Gasteiger partial charge in [0.05, 0.1) is 20.1 Å². The third-order valence-corrected chi connectivity index (χ3v) is 3.87. The van der Waals surface area contributed by atoms with E-state index in [2.05, 4.69) is 24.7 Å². The van der Waals surface area contributed by atoms with Gasteiger partial charge >= 0.3 is 5.97 Å². The molecule has 0 aromatic carbocycles. The smallest absolute Gasteiger partial charge is 0.306 e. The molecule has 7 nitrogen and oxygen atoms in total. The van der Waals surface area contributed by atoms with Gasteiger partial charge in [-0.05, 0) is 6.92 Å². The van der Waals surface area contributed by atoms with E-state index >= 15 is 0 Å². The maximum atomic E-state index is 11.1. The van der Waals surface area contributed by atoms with E-state index < -0.39 is 0 Å². The number of carbonyl (C=O) groups excluding carboxylic acids is 1. The molecule has 0 radical (unpaired) electrons. The Bertz CT molecular complexity index is 452. The van der Waals surface area contributed by atoms with Crippen molar-refractivity contribution in [2.45, 2.75) is 19.9 Å². The second-order valence-electron chi connectivity index (χ2n) is 5.17. The number of rotatable bonds is 5. The molecule has 0 atom stereocenters. The van der Waals surface area contributed by atoms with Gasteiger partial charge in [-0.2, -0.15) is 0 Å². The molecule has 1 saturated heterocycles. The Morgan fingerprint density at radius 3 is 2.40 bits per heavy atom. The Balaban J connectivity index is 1.74. The Morgan fingerprint density at radius 2 is 1.85 bits per heavy atom. The Morgan fingerprint density at radius 1 is 1.20 bits per heavy atom. The molecule has 0 bridgehead atoms. The number of carbonyl (C=O) groups is 1. The lowest BCUT2D eigenvalue weighted by Crippen LogP contribution is -2.46. The van der Waals surface area contributed by atoms with E-state index in [1.807, 2.05) is 18.5 Å². The summed E-state index contributed by atoms with van der Waals surface area (Å²) >= 11 is 0. The van der Waals surface area contributed by atoms with Crippen molar-refractivity contribution in [1.82, 2.24) is 24.6 Å². The lowest BCUT2D eigenvalue weighted by molar-refractivity contribution is -0.141. The highest BCUT2D eigenvalue weighted by Crippen LogP contribution is 2.08.